The van der Waals surface area contributed by atoms with E-state index in [9.17, 15) is 22.7 Å². The smallest absolute Gasteiger partial charge is 0.386 e. The summed E-state index contributed by atoms with van der Waals surface area (Å²) in [6, 6.07) is 2.86. The van der Waals surface area contributed by atoms with Crippen molar-refractivity contribution in [3.63, 3.8) is 0 Å². The number of ether oxygens (including phenoxy) is 1. The van der Waals surface area contributed by atoms with Crippen LogP contribution in [0.4, 0.5) is 17.6 Å². The number of rotatable bonds is 4. The molecule has 2 N–H and O–H groups in total. The molecule has 0 amide bonds. The predicted octanol–water partition coefficient (Wildman–Crippen LogP) is 2.09. The van der Waals surface area contributed by atoms with Crippen LogP contribution in [0.25, 0.3) is 0 Å². The molecule has 1 heterocycles. The summed E-state index contributed by atoms with van der Waals surface area (Å²) < 4.78 is 55.8. The summed E-state index contributed by atoms with van der Waals surface area (Å²) in [4.78, 5) is 0. The van der Waals surface area contributed by atoms with E-state index in [1.807, 2.05) is 0 Å². The third-order valence-electron chi connectivity index (χ3n) is 3.20. The molecular formula is C13H15F4NO2. The van der Waals surface area contributed by atoms with Gasteiger partial charge >= 0.3 is 6.18 Å². The number of benzene rings is 1. The van der Waals surface area contributed by atoms with Crippen molar-refractivity contribution in [2.75, 3.05) is 19.8 Å². The molecule has 1 atom stereocenters. The highest BCUT2D eigenvalue weighted by molar-refractivity contribution is 5.27. The maximum atomic E-state index is 13.1. The van der Waals surface area contributed by atoms with Gasteiger partial charge in [-0.15, -0.1) is 0 Å². The van der Waals surface area contributed by atoms with Gasteiger partial charge in [-0.05, 0) is 17.7 Å². The first-order valence-electron chi connectivity index (χ1n) is 6.17. The quantitative estimate of drug-likeness (QED) is 0.835. The Morgan fingerprint density at radius 3 is 2.70 bits per heavy atom. The van der Waals surface area contributed by atoms with Crippen LogP contribution in [0.1, 0.15) is 17.5 Å². The van der Waals surface area contributed by atoms with E-state index < -0.39 is 23.2 Å². The number of hydrogen-bond acceptors (Lipinski definition) is 3. The molecule has 0 unspecified atom stereocenters. The summed E-state index contributed by atoms with van der Waals surface area (Å²) in [6.45, 7) is 1.00. The molecule has 0 spiro atoms. The SMILES string of the molecule is O[C@]1(CNCc2ccc(F)c(C(F)(F)F)c2)CCOC1. The third kappa shape index (κ3) is 3.68. The topological polar surface area (TPSA) is 41.5 Å². The second-order valence-electron chi connectivity index (χ2n) is 4.94. The summed E-state index contributed by atoms with van der Waals surface area (Å²) in [6.07, 6.45) is -4.23. The summed E-state index contributed by atoms with van der Waals surface area (Å²) >= 11 is 0. The van der Waals surface area contributed by atoms with Crippen LogP contribution >= 0.6 is 0 Å². The van der Waals surface area contributed by atoms with Gasteiger partial charge in [0.1, 0.15) is 11.4 Å². The van der Waals surface area contributed by atoms with Crippen LogP contribution in [0.2, 0.25) is 0 Å². The highest BCUT2D eigenvalue weighted by atomic mass is 19.4. The minimum Gasteiger partial charge on any atom is -0.386 e. The maximum absolute atomic E-state index is 13.1. The van der Waals surface area contributed by atoms with E-state index in [0.717, 1.165) is 12.1 Å². The van der Waals surface area contributed by atoms with Crippen molar-refractivity contribution in [1.82, 2.24) is 5.32 Å². The van der Waals surface area contributed by atoms with Gasteiger partial charge in [0.15, 0.2) is 0 Å². The molecule has 0 bridgehead atoms. The molecule has 3 nitrogen and oxygen atoms in total. The van der Waals surface area contributed by atoms with Crippen molar-refractivity contribution in [2.45, 2.75) is 24.7 Å². The molecule has 1 aromatic rings. The molecule has 1 aromatic carbocycles. The van der Waals surface area contributed by atoms with E-state index in [1.165, 1.54) is 6.07 Å². The van der Waals surface area contributed by atoms with Crippen LogP contribution in [-0.2, 0) is 17.5 Å². The fourth-order valence-electron chi connectivity index (χ4n) is 2.08. The lowest BCUT2D eigenvalue weighted by Gasteiger charge is -2.21. The predicted molar refractivity (Wildman–Crippen MR) is 63.5 cm³/mol. The molecule has 112 valence electrons. The summed E-state index contributed by atoms with van der Waals surface area (Å²) in [5, 5.41) is 12.8. The molecule has 2 rings (SSSR count). The number of halogens is 4. The molecule has 1 fully saturated rings. The van der Waals surface area contributed by atoms with Crippen LogP contribution < -0.4 is 5.32 Å². The zero-order chi connectivity index (χ0) is 14.8. The molecule has 0 aliphatic carbocycles. The van der Waals surface area contributed by atoms with Crippen LogP contribution in [0, 0.1) is 5.82 Å². The van der Waals surface area contributed by atoms with Crippen LogP contribution in [0.3, 0.4) is 0 Å². The normalized spacial score (nSPS) is 23.2. The highest BCUT2D eigenvalue weighted by Crippen LogP contribution is 2.31. The van der Waals surface area contributed by atoms with E-state index >= 15 is 0 Å². The molecule has 7 heteroatoms. The van der Waals surface area contributed by atoms with Gasteiger partial charge in [0, 0.05) is 26.1 Å². The Bertz CT molecular complexity index is 470. The summed E-state index contributed by atoms with van der Waals surface area (Å²) in [5.41, 5.74) is -1.95. The summed E-state index contributed by atoms with van der Waals surface area (Å²) in [7, 11) is 0. The highest BCUT2D eigenvalue weighted by Gasteiger charge is 2.34. The minimum absolute atomic E-state index is 0.117. The van der Waals surface area contributed by atoms with Gasteiger partial charge in [0.2, 0.25) is 0 Å². The molecule has 1 aliphatic heterocycles. The Kier molecular flexibility index (Phi) is 4.31. The van der Waals surface area contributed by atoms with Gasteiger partial charge in [-0.3, -0.25) is 0 Å². The molecule has 0 saturated carbocycles. The Morgan fingerprint density at radius 2 is 2.10 bits per heavy atom. The van der Waals surface area contributed by atoms with Gasteiger partial charge in [-0.2, -0.15) is 13.2 Å². The number of nitrogens with one attached hydrogen (secondary N) is 1. The Labute approximate surface area is 113 Å². The van der Waals surface area contributed by atoms with E-state index in [2.05, 4.69) is 5.32 Å². The third-order valence-corrected chi connectivity index (χ3v) is 3.20. The first-order valence-corrected chi connectivity index (χ1v) is 6.17. The van der Waals surface area contributed by atoms with Crippen LogP contribution in [-0.4, -0.2) is 30.5 Å². The van der Waals surface area contributed by atoms with E-state index in [-0.39, 0.29) is 19.7 Å². The van der Waals surface area contributed by atoms with Crippen LogP contribution in [0.15, 0.2) is 18.2 Å². The lowest BCUT2D eigenvalue weighted by Crippen LogP contribution is -2.40. The zero-order valence-corrected chi connectivity index (χ0v) is 10.6. The molecule has 20 heavy (non-hydrogen) atoms. The standard InChI is InChI=1S/C13H15F4NO2/c14-11-2-1-9(5-10(11)13(15,16)17)6-18-7-12(19)3-4-20-8-12/h1-2,5,18-19H,3-4,6-8H2/t12-/m0/s1. The average Bonchev–Trinajstić information content (AvgIpc) is 2.77. The van der Waals surface area contributed by atoms with E-state index in [1.54, 1.807) is 0 Å². The number of aliphatic hydroxyl groups is 1. The van der Waals surface area contributed by atoms with Crippen LogP contribution in [0.5, 0.6) is 0 Å². The van der Waals surface area contributed by atoms with Gasteiger partial charge in [-0.25, -0.2) is 4.39 Å². The first kappa shape index (κ1) is 15.2. The number of hydrogen-bond donors (Lipinski definition) is 2. The van der Waals surface area contributed by atoms with Crippen molar-refractivity contribution in [3.8, 4) is 0 Å². The van der Waals surface area contributed by atoms with Crippen molar-refractivity contribution >= 4 is 0 Å². The molecule has 1 aliphatic rings. The summed E-state index contributed by atoms with van der Waals surface area (Å²) in [5.74, 6) is -1.29. The van der Waals surface area contributed by atoms with Gasteiger partial charge in [-0.1, -0.05) is 6.07 Å². The molecule has 1 saturated heterocycles. The van der Waals surface area contributed by atoms with E-state index in [4.69, 9.17) is 4.74 Å². The fraction of sp³-hybridized carbons (Fsp3) is 0.538. The lowest BCUT2D eigenvalue weighted by molar-refractivity contribution is -0.140. The number of alkyl halides is 3. The average molecular weight is 293 g/mol. The Balaban J connectivity index is 1.96. The Hall–Kier alpha value is -1.18. The molecule has 0 aromatic heterocycles. The maximum Gasteiger partial charge on any atom is 0.419 e. The molecule has 0 radical (unpaired) electrons. The van der Waals surface area contributed by atoms with Crippen molar-refractivity contribution in [3.05, 3.63) is 35.1 Å². The second-order valence-corrected chi connectivity index (χ2v) is 4.94. The minimum atomic E-state index is -4.71. The van der Waals surface area contributed by atoms with Crippen molar-refractivity contribution < 1.29 is 27.4 Å². The van der Waals surface area contributed by atoms with E-state index in [0.29, 0.717) is 18.6 Å². The van der Waals surface area contributed by atoms with Gasteiger partial charge in [0.25, 0.3) is 0 Å². The lowest BCUT2D eigenvalue weighted by atomic mass is 10.0. The monoisotopic (exact) mass is 293 g/mol. The van der Waals surface area contributed by atoms with Gasteiger partial charge < -0.3 is 15.2 Å². The fourth-order valence-corrected chi connectivity index (χ4v) is 2.08. The molecular weight excluding hydrogens is 278 g/mol. The van der Waals surface area contributed by atoms with Crippen molar-refractivity contribution in [1.29, 1.82) is 0 Å². The Morgan fingerprint density at radius 1 is 1.35 bits per heavy atom. The largest absolute Gasteiger partial charge is 0.419 e. The zero-order valence-electron chi connectivity index (χ0n) is 10.6. The second kappa shape index (κ2) is 5.67. The van der Waals surface area contributed by atoms with Crippen molar-refractivity contribution in [2.24, 2.45) is 0 Å². The van der Waals surface area contributed by atoms with Gasteiger partial charge in [0.05, 0.1) is 12.2 Å². The first-order chi connectivity index (χ1) is 9.30.